The topological polar surface area (TPSA) is 75.7 Å². The third kappa shape index (κ3) is 3.44. The molecule has 132 valence electrons. The quantitative estimate of drug-likeness (QED) is 0.830. The lowest BCUT2D eigenvalue weighted by molar-refractivity contribution is 0.0730. The molecule has 0 heterocycles. The number of benzene rings is 2. The lowest BCUT2D eigenvalue weighted by atomic mass is 10.1. The Bertz CT molecular complexity index is 878. The van der Waals surface area contributed by atoms with Crippen LogP contribution in [-0.2, 0) is 21.3 Å². The Morgan fingerprint density at radius 1 is 1.16 bits per heavy atom. The van der Waals surface area contributed by atoms with Gasteiger partial charge in [-0.2, -0.15) is 0 Å². The molecule has 1 aliphatic rings. The van der Waals surface area contributed by atoms with E-state index in [9.17, 15) is 13.2 Å². The summed E-state index contributed by atoms with van der Waals surface area (Å²) in [5.74, 6) is -0.134. The molecule has 3 rings (SSSR count). The highest BCUT2D eigenvalue weighted by atomic mass is 32.2. The third-order valence-corrected chi connectivity index (χ3v) is 5.77. The minimum absolute atomic E-state index is 0.0414. The van der Waals surface area contributed by atoms with Crippen LogP contribution in [0.5, 0.6) is 0 Å². The van der Waals surface area contributed by atoms with Crippen LogP contribution in [-0.4, -0.2) is 33.4 Å². The van der Waals surface area contributed by atoms with Gasteiger partial charge in [0.2, 0.25) is 0 Å². The van der Waals surface area contributed by atoms with Crippen molar-refractivity contribution >= 4 is 15.9 Å². The number of hydrogen-bond acceptors (Lipinski definition) is 4. The van der Waals surface area contributed by atoms with Gasteiger partial charge in [-0.25, -0.2) is 8.42 Å². The summed E-state index contributed by atoms with van der Waals surface area (Å²) in [6, 6.07) is 14.0. The maximum absolute atomic E-state index is 12.8. The van der Waals surface area contributed by atoms with Gasteiger partial charge in [-0.1, -0.05) is 29.2 Å². The number of carbonyl (C=O) groups is 1. The van der Waals surface area contributed by atoms with Crippen molar-refractivity contribution in [3.8, 4) is 0 Å². The maximum Gasteiger partial charge on any atom is 0.262 e. The van der Waals surface area contributed by atoms with Gasteiger partial charge < -0.3 is 4.90 Å². The number of nitrogens with zero attached hydrogens (tertiary/aromatic N) is 1. The lowest BCUT2D eigenvalue weighted by Crippen LogP contribution is -2.30. The molecule has 0 spiro atoms. The summed E-state index contributed by atoms with van der Waals surface area (Å²) in [5, 5.41) is 0. The molecular weight excluding hydrogens is 340 g/mol. The molecule has 1 atom stereocenters. The fourth-order valence-corrected chi connectivity index (χ4v) is 4.03. The van der Waals surface area contributed by atoms with Crippen LogP contribution in [0.2, 0.25) is 0 Å². The SMILES string of the molecule is CONS(=O)(=O)c1ccc(C(=O)N(C)[C@@H]2CCc3ccccc32)cc1. The van der Waals surface area contributed by atoms with Crippen LogP contribution in [0.4, 0.5) is 0 Å². The highest BCUT2D eigenvalue weighted by molar-refractivity contribution is 7.89. The zero-order chi connectivity index (χ0) is 18.0. The molecule has 1 amide bonds. The highest BCUT2D eigenvalue weighted by Gasteiger charge is 2.29. The molecule has 2 aromatic rings. The molecule has 0 radical (unpaired) electrons. The van der Waals surface area contributed by atoms with Crippen molar-refractivity contribution in [1.82, 2.24) is 9.79 Å². The van der Waals surface area contributed by atoms with Crippen LogP contribution in [0.15, 0.2) is 53.4 Å². The highest BCUT2D eigenvalue weighted by Crippen LogP contribution is 2.35. The van der Waals surface area contributed by atoms with E-state index >= 15 is 0 Å². The van der Waals surface area contributed by atoms with Crippen molar-refractivity contribution in [3.63, 3.8) is 0 Å². The Hall–Kier alpha value is -2.22. The molecule has 7 heteroatoms. The first-order valence-corrected chi connectivity index (χ1v) is 9.42. The number of aryl methyl sites for hydroxylation is 1. The van der Waals surface area contributed by atoms with Gasteiger partial charge in [-0.15, -0.1) is 0 Å². The van der Waals surface area contributed by atoms with Gasteiger partial charge >= 0.3 is 0 Å². The van der Waals surface area contributed by atoms with Gasteiger partial charge in [0.05, 0.1) is 18.0 Å². The zero-order valence-electron chi connectivity index (χ0n) is 14.1. The Balaban J connectivity index is 1.80. The van der Waals surface area contributed by atoms with Gasteiger partial charge in [0.25, 0.3) is 15.9 Å². The third-order valence-electron chi connectivity index (χ3n) is 4.49. The van der Waals surface area contributed by atoms with E-state index in [0.29, 0.717) is 5.56 Å². The molecule has 25 heavy (non-hydrogen) atoms. The minimum atomic E-state index is -3.73. The molecule has 0 saturated heterocycles. The van der Waals surface area contributed by atoms with Gasteiger partial charge in [-0.3, -0.25) is 9.63 Å². The Kier molecular flexibility index (Phi) is 4.89. The van der Waals surface area contributed by atoms with E-state index < -0.39 is 10.0 Å². The predicted molar refractivity (Wildman–Crippen MR) is 93.4 cm³/mol. The normalized spacial score (nSPS) is 16.5. The number of fused-ring (bicyclic) bond motifs is 1. The Morgan fingerprint density at radius 3 is 2.52 bits per heavy atom. The van der Waals surface area contributed by atoms with Crippen LogP contribution in [0, 0.1) is 0 Å². The summed E-state index contributed by atoms with van der Waals surface area (Å²) >= 11 is 0. The first-order chi connectivity index (χ1) is 11.9. The van der Waals surface area contributed by atoms with Gasteiger partial charge in [-0.05, 0) is 48.2 Å². The van der Waals surface area contributed by atoms with Crippen LogP contribution in [0.25, 0.3) is 0 Å². The Morgan fingerprint density at radius 2 is 1.84 bits per heavy atom. The molecule has 0 aromatic heterocycles. The smallest absolute Gasteiger partial charge is 0.262 e. The molecule has 6 nitrogen and oxygen atoms in total. The molecule has 0 aliphatic heterocycles. The van der Waals surface area contributed by atoms with Crippen LogP contribution < -0.4 is 4.89 Å². The molecular formula is C18H20N2O4S. The monoisotopic (exact) mass is 360 g/mol. The average Bonchev–Trinajstić information content (AvgIpc) is 3.04. The van der Waals surface area contributed by atoms with Crippen molar-refractivity contribution in [2.45, 2.75) is 23.8 Å². The molecule has 1 aliphatic carbocycles. The van der Waals surface area contributed by atoms with Crippen molar-refractivity contribution in [2.24, 2.45) is 0 Å². The first-order valence-electron chi connectivity index (χ1n) is 7.94. The maximum atomic E-state index is 12.8. The lowest BCUT2D eigenvalue weighted by Gasteiger charge is -2.25. The summed E-state index contributed by atoms with van der Waals surface area (Å²) in [4.78, 5) is 20.9. The second kappa shape index (κ2) is 6.95. The number of hydrogen-bond donors (Lipinski definition) is 1. The van der Waals surface area contributed by atoms with Gasteiger partial charge in [0.1, 0.15) is 0 Å². The van der Waals surface area contributed by atoms with E-state index in [-0.39, 0.29) is 16.8 Å². The van der Waals surface area contributed by atoms with Crippen molar-refractivity contribution in [2.75, 3.05) is 14.2 Å². The number of amides is 1. The van der Waals surface area contributed by atoms with E-state index in [1.807, 2.05) is 17.0 Å². The number of nitrogens with one attached hydrogen (secondary N) is 1. The summed E-state index contributed by atoms with van der Waals surface area (Å²) in [6.07, 6.45) is 1.85. The fourth-order valence-electron chi connectivity index (χ4n) is 3.22. The minimum Gasteiger partial charge on any atom is -0.335 e. The van der Waals surface area contributed by atoms with Crippen LogP contribution in [0.3, 0.4) is 0 Å². The summed E-state index contributed by atoms with van der Waals surface area (Å²) in [6.45, 7) is 0. The summed E-state index contributed by atoms with van der Waals surface area (Å²) < 4.78 is 23.7. The van der Waals surface area contributed by atoms with E-state index in [1.54, 1.807) is 11.9 Å². The molecule has 0 saturated carbocycles. The van der Waals surface area contributed by atoms with Crippen LogP contribution in [0.1, 0.15) is 33.9 Å². The van der Waals surface area contributed by atoms with E-state index in [2.05, 4.69) is 17.0 Å². The molecule has 0 bridgehead atoms. The molecule has 1 N–H and O–H groups in total. The van der Waals surface area contributed by atoms with Gasteiger partial charge in [0, 0.05) is 12.6 Å². The zero-order valence-corrected chi connectivity index (χ0v) is 14.9. The van der Waals surface area contributed by atoms with E-state index in [0.717, 1.165) is 12.8 Å². The van der Waals surface area contributed by atoms with Gasteiger partial charge in [0.15, 0.2) is 0 Å². The summed E-state index contributed by atoms with van der Waals surface area (Å²) in [5.41, 5.74) is 2.91. The molecule has 2 aromatic carbocycles. The largest absolute Gasteiger partial charge is 0.335 e. The number of carbonyl (C=O) groups excluding carboxylic acids is 1. The van der Waals surface area contributed by atoms with Crippen molar-refractivity contribution < 1.29 is 18.0 Å². The number of sulfonamides is 1. The summed E-state index contributed by atoms with van der Waals surface area (Å²) in [7, 11) is -0.716. The Labute approximate surface area is 147 Å². The predicted octanol–water partition coefficient (Wildman–Crippen LogP) is 2.29. The standard InChI is InChI=1S/C18H20N2O4S/c1-20(17-12-9-13-5-3-4-6-16(13)17)18(21)14-7-10-15(11-8-14)25(22,23)19-24-2/h3-8,10-11,17,19H,9,12H2,1-2H3/t17-/m1/s1. The van der Waals surface area contributed by atoms with Crippen LogP contribution >= 0.6 is 0 Å². The fraction of sp³-hybridized carbons (Fsp3) is 0.278. The van der Waals surface area contributed by atoms with Crippen molar-refractivity contribution in [1.29, 1.82) is 0 Å². The van der Waals surface area contributed by atoms with Crippen molar-refractivity contribution in [3.05, 3.63) is 65.2 Å². The second-order valence-electron chi connectivity index (χ2n) is 5.98. The first kappa shape index (κ1) is 17.6. The second-order valence-corrected chi connectivity index (χ2v) is 7.63. The molecule has 0 fully saturated rings. The molecule has 0 unspecified atom stereocenters. The number of rotatable bonds is 5. The van der Waals surface area contributed by atoms with E-state index in [4.69, 9.17) is 0 Å². The average molecular weight is 360 g/mol. The van der Waals surface area contributed by atoms with E-state index in [1.165, 1.54) is 42.5 Å².